The largest absolute Gasteiger partial charge is 0.480 e. The lowest BCUT2D eigenvalue weighted by molar-refractivity contribution is -0.134. The van der Waals surface area contributed by atoms with Crippen LogP contribution in [-0.4, -0.2) is 55.5 Å². The van der Waals surface area contributed by atoms with Gasteiger partial charge in [0.1, 0.15) is 11.6 Å². The van der Waals surface area contributed by atoms with E-state index < -0.39 is 21.6 Å². The van der Waals surface area contributed by atoms with Crippen LogP contribution in [0.3, 0.4) is 0 Å². The summed E-state index contributed by atoms with van der Waals surface area (Å²) in [4.78, 5) is 12.5. The number of carboxylic acids is 1. The first-order valence-corrected chi connectivity index (χ1v) is 9.55. The first-order chi connectivity index (χ1) is 10.8. The molecule has 1 aliphatic heterocycles. The van der Waals surface area contributed by atoms with E-state index in [1.165, 1.54) is 6.07 Å². The third-order valence-electron chi connectivity index (χ3n) is 4.18. The molecule has 0 unspecified atom stereocenters. The van der Waals surface area contributed by atoms with Crippen LogP contribution in [0.2, 0.25) is 0 Å². The SMILES string of the molecule is O=C(O)CS(=O)(=O)CCN1CCC(Cc2cccc(F)c2)CC1. The molecule has 1 N–H and O–H groups in total. The molecule has 128 valence electrons. The molecule has 0 aromatic heterocycles. The maximum Gasteiger partial charge on any atom is 0.318 e. The Hall–Kier alpha value is -1.47. The van der Waals surface area contributed by atoms with Crippen LogP contribution in [0, 0.1) is 11.7 Å². The Balaban J connectivity index is 1.75. The van der Waals surface area contributed by atoms with Gasteiger partial charge in [-0.15, -0.1) is 0 Å². The van der Waals surface area contributed by atoms with E-state index >= 15 is 0 Å². The number of likely N-dealkylation sites (tertiary alicyclic amines) is 1. The van der Waals surface area contributed by atoms with Gasteiger partial charge >= 0.3 is 5.97 Å². The normalized spacial score (nSPS) is 17.3. The minimum Gasteiger partial charge on any atom is -0.480 e. The van der Waals surface area contributed by atoms with E-state index in [4.69, 9.17) is 5.11 Å². The summed E-state index contributed by atoms with van der Waals surface area (Å²) in [6, 6.07) is 6.63. The fourth-order valence-electron chi connectivity index (χ4n) is 2.94. The molecule has 23 heavy (non-hydrogen) atoms. The van der Waals surface area contributed by atoms with Crippen LogP contribution in [0.15, 0.2) is 24.3 Å². The monoisotopic (exact) mass is 343 g/mol. The Bertz CT molecular complexity index is 639. The van der Waals surface area contributed by atoms with Gasteiger partial charge in [0.15, 0.2) is 9.84 Å². The van der Waals surface area contributed by atoms with E-state index in [1.807, 2.05) is 6.07 Å². The van der Waals surface area contributed by atoms with Gasteiger partial charge in [-0.25, -0.2) is 12.8 Å². The second-order valence-electron chi connectivity index (χ2n) is 6.10. The van der Waals surface area contributed by atoms with E-state index in [0.717, 1.165) is 37.9 Å². The lowest BCUT2D eigenvalue weighted by Gasteiger charge is -2.31. The molecule has 1 fully saturated rings. The number of carboxylic acid groups (broad SMARTS) is 1. The number of nitrogens with zero attached hydrogens (tertiary/aromatic N) is 1. The zero-order chi connectivity index (χ0) is 16.9. The quantitative estimate of drug-likeness (QED) is 0.814. The maximum atomic E-state index is 13.2. The molecular formula is C16H22FNO4S. The highest BCUT2D eigenvalue weighted by Crippen LogP contribution is 2.22. The molecule has 0 atom stereocenters. The lowest BCUT2D eigenvalue weighted by Crippen LogP contribution is -2.38. The van der Waals surface area contributed by atoms with Crippen molar-refractivity contribution in [1.82, 2.24) is 4.90 Å². The van der Waals surface area contributed by atoms with Gasteiger partial charge in [0.05, 0.1) is 5.75 Å². The summed E-state index contributed by atoms with van der Waals surface area (Å²) < 4.78 is 36.3. The summed E-state index contributed by atoms with van der Waals surface area (Å²) in [5.41, 5.74) is 0.993. The average molecular weight is 343 g/mol. The zero-order valence-corrected chi connectivity index (χ0v) is 13.8. The number of benzene rings is 1. The number of aliphatic carboxylic acids is 1. The van der Waals surface area contributed by atoms with Crippen LogP contribution in [0.4, 0.5) is 4.39 Å². The van der Waals surface area contributed by atoms with E-state index in [0.29, 0.717) is 12.5 Å². The van der Waals surface area contributed by atoms with Crippen LogP contribution < -0.4 is 0 Å². The van der Waals surface area contributed by atoms with Crippen LogP contribution in [0.5, 0.6) is 0 Å². The highest BCUT2D eigenvalue weighted by Gasteiger charge is 2.22. The molecule has 5 nitrogen and oxygen atoms in total. The smallest absolute Gasteiger partial charge is 0.318 e. The van der Waals surface area contributed by atoms with Gasteiger partial charge in [-0.3, -0.25) is 4.79 Å². The number of piperidine rings is 1. The molecule has 1 aromatic carbocycles. The molecule has 0 amide bonds. The fourth-order valence-corrected chi connectivity index (χ4v) is 4.00. The molecule has 1 saturated heterocycles. The van der Waals surface area contributed by atoms with Crippen molar-refractivity contribution in [3.8, 4) is 0 Å². The zero-order valence-electron chi connectivity index (χ0n) is 12.9. The van der Waals surface area contributed by atoms with Crippen molar-refractivity contribution >= 4 is 15.8 Å². The minimum absolute atomic E-state index is 0.117. The Morgan fingerprint density at radius 2 is 2.00 bits per heavy atom. The van der Waals surface area contributed by atoms with Gasteiger partial charge in [-0.2, -0.15) is 0 Å². The van der Waals surface area contributed by atoms with Crippen molar-refractivity contribution in [1.29, 1.82) is 0 Å². The summed E-state index contributed by atoms with van der Waals surface area (Å²) in [5.74, 6) is -1.97. The number of carbonyl (C=O) groups is 1. The summed E-state index contributed by atoms with van der Waals surface area (Å²) in [6.07, 6.45) is 2.72. The van der Waals surface area contributed by atoms with Crippen LogP contribution in [0.25, 0.3) is 0 Å². The van der Waals surface area contributed by atoms with Crippen molar-refractivity contribution < 1.29 is 22.7 Å². The molecule has 1 aromatic rings. The molecule has 7 heteroatoms. The molecule has 0 aliphatic carbocycles. The Labute approximate surface area is 136 Å². The van der Waals surface area contributed by atoms with Crippen LogP contribution >= 0.6 is 0 Å². The lowest BCUT2D eigenvalue weighted by atomic mass is 9.90. The van der Waals surface area contributed by atoms with Crippen molar-refractivity contribution in [3.05, 3.63) is 35.6 Å². The highest BCUT2D eigenvalue weighted by molar-refractivity contribution is 7.92. The van der Waals surface area contributed by atoms with E-state index in [9.17, 15) is 17.6 Å². The van der Waals surface area contributed by atoms with Gasteiger partial charge in [0.2, 0.25) is 0 Å². The molecule has 1 aliphatic rings. The first-order valence-electron chi connectivity index (χ1n) is 7.73. The summed E-state index contributed by atoms with van der Waals surface area (Å²) in [5, 5.41) is 8.56. The second-order valence-corrected chi connectivity index (χ2v) is 8.29. The molecule has 2 rings (SSSR count). The molecule has 0 bridgehead atoms. The van der Waals surface area contributed by atoms with Crippen molar-refractivity contribution in [2.24, 2.45) is 5.92 Å². The number of halogens is 1. The maximum absolute atomic E-state index is 13.2. The van der Waals surface area contributed by atoms with Gasteiger partial charge in [0, 0.05) is 6.54 Å². The molecule has 0 saturated carbocycles. The standard InChI is InChI=1S/C16H22FNO4S/c17-15-3-1-2-14(11-15)10-13-4-6-18(7-5-13)8-9-23(21,22)12-16(19)20/h1-3,11,13H,4-10,12H2,(H,19,20). The van der Waals surface area contributed by atoms with E-state index in [1.54, 1.807) is 12.1 Å². The highest BCUT2D eigenvalue weighted by atomic mass is 32.2. The third kappa shape index (κ3) is 6.27. The predicted octanol–water partition coefficient (Wildman–Crippen LogP) is 1.58. The molecule has 0 spiro atoms. The fraction of sp³-hybridized carbons (Fsp3) is 0.562. The summed E-state index contributed by atoms with van der Waals surface area (Å²) >= 11 is 0. The summed E-state index contributed by atoms with van der Waals surface area (Å²) in [7, 11) is -3.53. The summed E-state index contributed by atoms with van der Waals surface area (Å²) in [6.45, 7) is 1.97. The minimum atomic E-state index is -3.53. The van der Waals surface area contributed by atoms with E-state index in [-0.39, 0.29) is 11.6 Å². The molecule has 0 radical (unpaired) electrons. The Kier molecular flexibility index (Phi) is 6.12. The topological polar surface area (TPSA) is 74.7 Å². The first kappa shape index (κ1) is 17.9. The van der Waals surface area contributed by atoms with Crippen LogP contribution in [0.1, 0.15) is 18.4 Å². The molecule has 1 heterocycles. The van der Waals surface area contributed by atoms with Crippen LogP contribution in [-0.2, 0) is 21.1 Å². The number of sulfone groups is 1. The van der Waals surface area contributed by atoms with Crippen molar-refractivity contribution in [2.75, 3.05) is 31.1 Å². The van der Waals surface area contributed by atoms with Gasteiger partial charge in [-0.05, 0) is 56.0 Å². The number of hydrogen-bond donors (Lipinski definition) is 1. The van der Waals surface area contributed by atoms with Gasteiger partial charge in [-0.1, -0.05) is 12.1 Å². The number of hydrogen-bond acceptors (Lipinski definition) is 4. The Morgan fingerprint density at radius 1 is 1.30 bits per heavy atom. The second kappa shape index (κ2) is 7.88. The van der Waals surface area contributed by atoms with Gasteiger partial charge in [0.25, 0.3) is 0 Å². The van der Waals surface area contributed by atoms with Crippen molar-refractivity contribution in [3.63, 3.8) is 0 Å². The third-order valence-corrected chi connectivity index (χ3v) is 5.67. The van der Waals surface area contributed by atoms with Gasteiger partial charge < -0.3 is 10.0 Å². The Morgan fingerprint density at radius 3 is 2.61 bits per heavy atom. The average Bonchev–Trinajstić information content (AvgIpc) is 2.45. The number of rotatable bonds is 7. The molecular weight excluding hydrogens is 321 g/mol. The predicted molar refractivity (Wildman–Crippen MR) is 85.6 cm³/mol. The van der Waals surface area contributed by atoms with Crippen molar-refractivity contribution in [2.45, 2.75) is 19.3 Å². The van der Waals surface area contributed by atoms with E-state index in [2.05, 4.69) is 4.90 Å².